The maximum absolute atomic E-state index is 12.1. The Kier molecular flexibility index (Phi) is 6.63. The van der Waals surface area contributed by atoms with Gasteiger partial charge in [0.15, 0.2) is 0 Å². The SMILES string of the molecule is CSCC[C@H](NC(=O)C1CCCN(C(N)=O)C1)C(=O)O. The minimum absolute atomic E-state index is 0.260. The highest BCUT2D eigenvalue weighted by Gasteiger charge is 2.30. The Balaban J connectivity index is 2.55. The number of rotatable bonds is 6. The number of hydrogen-bond acceptors (Lipinski definition) is 4. The molecule has 20 heavy (non-hydrogen) atoms. The number of nitrogens with one attached hydrogen (secondary N) is 1. The van der Waals surface area contributed by atoms with Gasteiger partial charge in [0.1, 0.15) is 6.04 Å². The molecule has 1 saturated heterocycles. The molecule has 0 radical (unpaired) electrons. The molecule has 0 spiro atoms. The van der Waals surface area contributed by atoms with Crippen LogP contribution in [-0.2, 0) is 9.59 Å². The van der Waals surface area contributed by atoms with Crippen LogP contribution in [0.3, 0.4) is 0 Å². The minimum atomic E-state index is -1.03. The number of likely N-dealkylation sites (tertiary alicyclic amines) is 1. The summed E-state index contributed by atoms with van der Waals surface area (Å²) in [5, 5.41) is 11.6. The van der Waals surface area contributed by atoms with Crippen molar-refractivity contribution in [3.05, 3.63) is 0 Å². The maximum atomic E-state index is 12.1. The first-order chi connectivity index (χ1) is 9.45. The summed E-state index contributed by atoms with van der Waals surface area (Å²) in [7, 11) is 0. The largest absolute Gasteiger partial charge is 0.480 e. The van der Waals surface area contributed by atoms with Crippen LogP contribution in [0.1, 0.15) is 19.3 Å². The maximum Gasteiger partial charge on any atom is 0.326 e. The quantitative estimate of drug-likeness (QED) is 0.644. The molecule has 4 N–H and O–H groups in total. The zero-order chi connectivity index (χ0) is 15.1. The van der Waals surface area contributed by atoms with Crippen LogP contribution in [0, 0.1) is 5.92 Å². The molecule has 7 nitrogen and oxygen atoms in total. The fraction of sp³-hybridized carbons (Fsp3) is 0.750. The number of amides is 3. The number of hydrogen-bond donors (Lipinski definition) is 3. The third-order valence-electron chi connectivity index (χ3n) is 3.33. The Morgan fingerprint density at radius 2 is 2.20 bits per heavy atom. The summed E-state index contributed by atoms with van der Waals surface area (Å²) in [5.41, 5.74) is 5.20. The normalized spacial score (nSPS) is 20.2. The van der Waals surface area contributed by atoms with Gasteiger partial charge in [-0.3, -0.25) is 4.79 Å². The Hall–Kier alpha value is -1.44. The van der Waals surface area contributed by atoms with Crippen molar-refractivity contribution in [1.29, 1.82) is 0 Å². The van der Waals surface area contributed by atoms with Crippen molar-refractivity contribution in [1.82, 2.24) is 10.2 Å². The van der Waals surface area contributed by atoms with Crippen LogP contribution in [-0.4, -0.2) is 59.1 Å². The molecule has 1 aliphatic heterocycles. The van der Waals surface area contributed by atoms with Gasteiger partial charge in [0.05, 0.1) is 5.92 Å². The number of carbonyl (C=O) groups is 3. The van der Waals surface area contributed by atoms with E-state index in [-0.39, 0.29) is 18.4 Å². The van der Waals surface area contributed by atoms with Crippen molar-refractivity contribution in [3.8, 4) is 0 Å². The van der Waals surface area contributed by atoms with Crippen molar-refractivity contribution >= 4 is 29.7 Å². The van der Waals surface area contributed by atoms with E-state index in [0.717, 1.165) is 0 Å². The third kappa shape index (κ3) is 4.92. The van der Waals surface area contributed by atoms with E-state index in [1.165, 1.54) is 16.7 Å². The van der Waals surface area contributed by atoms with E-state index in [2.05, 4.69) is 5.32 Å². The number of carboxylic acid groups (broad SMARTS) is 1. The summed E-state index contributed by atoms with van der Waals surface area (Å²) < 4.78 is 0. The summed E-state index contributed by atoms with van der Waals surface area (Å²) in [6.45, 7) is 0.810. The van der Waals surface area contributed by atoms with Crippen molar-refractivity contribution in [2.75, 3.05) is 25.1 Å². The number of urea groups is 1. The monoisotopic (exact) mass is 303 g/mol. The van der Waals surface area contributed by atoms with Gasteiger partial charge in [0.2, 0.25) is 5.91 Å². The molecule has 0 aromatic heterocycles. The number of carboxylic acids is 1. The lowest BCUT2D eigenvalue weighted by Crippen LogP contribution is -2.50. The Morgan fingerprint density at radius 1 is 1.50 bits per heavy atom. The Bertz CT molecular complexity index is 378. The van der Waals surface area contributed by atoms with Crippen LogP contribution < -0.4 is 11.1 Å². The predicted octanol–water partition coefficient (Wildman–Crippen LogP) is 0.0996. The minimum Gasteiger partial charge on any atom is -0.480 e. The predicted molar refractivity (Wildman–Crippen MR) is 76.4 cm³/mol. The van der Waals surface area contributed by atoms with Crippen LogP contribution in [0.5, 0.6) is 0 Å². The van der Waals surface area contributed by atoms with Crippen LogP contribution in [0.15, 0.2) is 0 Å². The molecule has 0 bridgehead atoms. The molecule has 0 aromatic rings. The molecule has 1 fully saturated rings. The molecular formula is C12H21N3O4S. The van der Waals surface area contributed by atoms with Gasteiger partial charge in [-0.15, -0.1) is 0 Å². The van der Waals surface area contributed by atoms with E-state index >= 15 is 0 Å². The highest BCUT2D eigenvalue weighted by molar-refractivity contribution is 7.98. The smallest absolute Gasteiger partial charge is 0.326 e. The number of nitrogens with two attached hydrogens (primary N) is 1. The number of primary amides is 1. The zero-order valence-electron chi connectivity index (χ0n) is 11.5. The molecule has 114 valence electrons. The number of nitrogens with zero attached hydrogens (tertiary/aromatic N) is 1. The molecule has 1 aliphatic rings. The summed E-state index contributed by atoms with van der Waals surface area (Å²) in [6.07, 6.45) is 3.61. The van der Waals surface area contributed by atoms with Crippen LogP contribution in [0.4, 0.5) is 4.79 Å². The third-order valence-corrected chi connectivity index (χ3v) is 3.97. The molecule has 8 heteroatoms. The van der Waals surface area contributed by atoms with E-state index in [0.29, 0.717) is 31.6 Å². The number of carbonyl (C=O) groups excluding carboxylic acids is 2. The summed E-state index contributed by atoms with van der Waals surface area (Å²) in [5.74, 6) is -1.07. The van der Waals surface area contributed by atoms with Gasteiger partial charge in [-0.1, -0.05) is 0 Å². The average Bonchev–Trinajstić information content (AvgIpc) is 2.42. The molecule has 1 rings (SSSR count). The van der Waals surface area contributed by atoms with Gasteiger partial charge in [0, 0.05) is 13.1 Å². The van der Waals surface area contributed by atoms with Gasteiger partial charge in [-0.25, -0.2) is 9.59 Å². The topological polar surface area (TPSA) is 113 Å². The van der Waals surface area contributed by atoms with Crippen LogP contribution in [0.2, 0.25) is 0 Å². The number of aliphatic carboxylic acids is 1. The fourth-order valence-corrected chi connectivity index (χ4v) is 2.65. The molecule has 0 aliphatic carbocycles. The Morgan fingerprint density at radius 3 is 2.75 bits per heavy atom. The van der Waals surface area contributed by atoms with E-state index < -0.39 is 18.0 Å². The van der Waals surface area contributed by atoms with Gasteiger partial charge >= 0.3 is 12.0 Å². The summed E-state index contributed by atoms with van der Waals surface area (Å²) >= 11 is 1.53. The average molecular weight is 303 g/mol. The van der Waals surface area contributed by atoms with Crippen molar-refractivity contribution in [3.63, 3.8) is 0 Å². The van der Waals surface area contributed by atoms with Gasteiger partial charge in [0.25, 0.3) is 0 Å². The lowest BCUT2D eigenvalue weighted by atomic mass is 9.97. The highest BCUT2D eigenvalue weighted by atomic mass is 32.2. The number of thioether (sulfide) groups is 1. The van der Waals surface area contributed by atoms with Gasteiger partial charge in [-0.05, 0) is 31.3 Å². The molecule has 3 amide bonds. The van der Waals surface area contributed by atoms with Crippen molar-refractivity contribution in [2.24, 2.45) is 11.7 Å². The van der Waals surface area contributed by atoms with Gasteiger partial charge in [-0.2, -0.15) is 11.8 Å². The standard InChI is InChI=1S/C12H21N3O4S/c1-20-6-4-9(11(17)18)14-10(16)8-3-2-5-15(7-8)12(13)19/h8-9H,2-7H2,1H3,(H2,13,19)(H,14,16)(H,17,18)/t8?,9-/m0/s1. The second-order valence-corrected chi connectivity index (χ2v) is 5.79. The molecule has 0 aromatic carbocycles. The highest BCUT2D eigenvalue weighted by Crippen LogP contribution is 2.17. The van der Waals surface area contributed by atoms with Crippen molar-refractivity contribution in [2.45, 2.75) is 25.3 Å². The van der Waals surface area contributed by atoms with Gasteiger partial charge < -0.3 is 21.1 Å². The number of piperidine rings is 1. The second-order valence-electron chi connectivity index (χ2n) is 4.80. The first-order valence-corrected chi connectivity index (χ1v) is 7.91. The van der Waals surface area contributed by atoms with Crippen LogP contribution in [0.25, 0.3) is 0 Å². The van der Waals surface area contributed by atoms with E-state index in [9.17, 15) is 14.4 Å². The van der Waals surface area contributed by atoms with E-state index in [1.807, 2.05) is 6.26 Å². The summed E-state index contributed by atoms with van der Waals surface area (Å²) in [6, 6.07) is -1.42. The van der Waals surface area contributed by atoms with Crippen molar-refractivity contribution < 1.29 is 19.5 Å². The van der Waals surface area contributed by atoms with E-state index in [1.54, 1.807) is 0 Å². The lowest BCUT2D eigenvalue weighted by Gasteiger charge is -2.31. The Labute approximate surface area is 122 Å². The lowest BCUT2D eigenvalue weighted by molar-refractivity contribution is -0.142. The summed E-state index contributed by atoms with van der Waals surface area (Å²) in [4.78, 5) is 35.7. The first kappa shape index (κ1) is 16.6. The van der Waals surface area contributed by atoms with Crippen LogP contribution >= 0.6 is 11.8 Å². The molecular weight excluding hydrogens is 282 g/mol. The molecule has 0 saturated carbocycles. The molecule has 1 heterocycles. The second kappa shape index (κ2) is 7.98. The molecule has 1 unspecified atom stereocenters. The molecule has 2 atom stereocenters. The zero-order valence-corrected chi connectivity index (χ0v) is 12.3. The first-order valence-electron chi connectivity index (χ1n) is 6.52. The fourth-order valence-electron chi connectivity index (χ4n) is 2.17. The van der Waals surface area contributed by atoms with E-state index in [4.69, 9.17) is 10.8 Å².